The number of aromatic nitrogens is 2. The highest BCUT2D eigenvalue weighted by Gasteiger charge is 2.04. The molecule has 1 N–H and O–H groups in total. The lowest BCUT2D eigenvalue weighted by atomic mass is 10.1. The zero-order valence-electron chi connectivity index (χ0n) is 10.3. The van der Waals surface area contributed by atoms with Crippen LogP contribution in [0.25, 0.3) is 0 Å². The molecule has 0 atom stereocenters. The predicted octanol–water partition coefficient (Wildman–Crippen LogP) is 2.53. The third-order valence-electron chi connectivity index (χ3n) is 2.47. The Hall–Kier alpha value is -2.14. The second-order valence-corrected chi connectivity index (χ2v) is 4.09. The number of anilines is 1. The van der Waals surface area contributed by atoms with Gasteiger partial charge in [0, 0.05) is 12.7 Å². The molecule has 0 bridgehead atoms. The van der Waals surface area contributed by atoms with Gasteiger partial charge in [-0.1, -0.05) is 12.1 Å². The SMILES string of the molecule is COC(=O)c1ccc(CNc2ccnc(Cl)n2)cc1. The van der Waals surface area contributed by atoms with Gasteiger partial charge in [-0.3, -0.25) is 0 Å². The third-order valence-corrected chi connectivity index (χ3v) is 2.66. The van der Waals surface area contributed by atoms with Gasteiger partial charge in [-0.2, -0.15) is 0 Å². The van der Waals surface area contributed by atoms with Crippen molar-refractivity contribution in [3.8, 4) is 0 Å². The Morgan fingerprint density at radius 2 is 2.05 bits per heavy atom. The van der Waals surface area contributed by atoms with Crippen LogP contribution in [0.1, 0.15) is 15.9 Å². The van der Waals surface area contributed by atoms with E-state index in [-0.39, 0.29) is 11.3 Å². The predicted molar refractivity (Wildman–Crippen MR) is 72.2 cm³/mol. The zero-order valence-corrected chi connectivity index (χ0v) is 11.0. The first-order chi connectivity index (χ1) is 9.19. The Labute approximate surface area is 115 Å². The van der Waals surface area contributed by atoms with Gasteiger partial charge < -0.3 is 10.1 Å². The molecule has 98 valence electrons. The van der Waals surface area contributed by atoms with Crippen LogP contribution in [0.4, 0.5) is 5.82 Å². The van der Waals surface area contributed by atoms with Crippen LogP contribution in [-0.4, -0.2) is 23.0 Å². The first kappa shape index (κ1) is 13.3. The van der Waals surface area contributed by atoms with Gasteiger partial charge in [-0.05, 0) is 35.4 Å². The van der Waals surface area contributed by atoms with E-state index in [1.807, 2.05) is 12.1 Å². The minimum absolute atomic E-state index is 0.200. The monoisotopic (exact) mass is 277 g/mol. The molecule has 0 saturated carbocycles. The number of ether oxygens (including phenoxy) is 1. The summed E-state index contributed by atoms with van der Waals surface area (Å²) < 4.78 is 4.63. The number of hydrogen-bond donors (Lipinski definition) is 1. The van der Waals surface area contributed by atoms with E-state index in [4.69, 9.17) is 11.6 Å². The summed E-state index contributed by atoms with van der Waals surface area (Å²) in [4.78, 5) is 19.1. The number of nitrogens with zero attached hydrogens (tertiary/aromatic N) is 2. The molecule has 0 unspecified atom stereocenters. The smallest absolute Gasteiger partial charge is 0.337 e. The molecule has 5 nitrogen and oxygen atoms in total. The van der Waals surface area contributed by atoms with E-state index in [1.165, 1.54) is 7.11 Å². The number of esters is 1. The summed E-state index contributed by atoms with van der Waals surface area (Å²) in [6.45, 7) is 0.578. The molecule has 0 fully saturated rings. The van der Waals surface area contributed by atoms with Gasteiger partial charge in [-0.25, -0.2) is 14.8 Å². The topological polar surface area (TPSA) is 64.1 Å². The number of carbonyl (C=O) groups is 1. The van der Waals surface area contributed by atoms with Crippen LogP contribution in [0.3, 0.4) is 0 Å². The normalized spacial score (nSPS) is 10.0. The van der Waals surface area contributed by atoms with E-state index in [0.717, 1.165) is 5.56 Å². The van der Waals surface area contributed by atoms with Gasteiger partial charge >= 0.3 is 5.97 Å². The molecule has 0 aliphatic rings. The lowest BCUT2D eigenvalue weighted by molar-refractivity contribution is 0.0600. The molecule has 0 aliphatic carbocycles. The summed E-state index contributed by atoms with van der Waals surface area (Å²) in [5.41, 5.74) is 1.54. The minimum Gasteiger partial charge on any atom is -0.465 e. The van der Waals surface area contributed by atoms with Crippen LogP contribution in [0.15, 0.2) is 36.5 Å². The average molecular weight is 278 g/mol. The molecule has 1 aromatic carbocycles. The first-order valence-corrected chi connectivity index (χ1v) is 5.96. The summed E-state index contributed by atoms with van der Waals surface area (Å²) in [5, 5.41) is 3.31. The molecular weight excluding hydrogens is 266 g/mol. The van der Waals surface area contributed by atoms with E-state index in [9.17, 15) is 4.79 Å². The first-order valence-electron chi connectivity index (χ1n) is 5.58. The lowest BCUT2D eigenvalue weighted by Gasteiger charge is -2.06. The Morgan fingerprint density at radius 1 is 1.32 bits per heavy atom. The number of carbonyl (C=O) groups excluding carboxylic acids is 1. The van der Waals surface area contributed by atoms with Gasteiger partial charge in [0.25, 0.3) is 0 Å². The molecule has 2 rings (SSSR count). The lowest BCUT2D eigenvalue weighted by Crippen LogP contribution is -2.04. The fraction of sp³-hybridized carbons (Fsp3) is 0.154. The molecule has 0 spiro atoms. The van der Waals surface area contributed by atoms with Crippen LogP contribution in [0.2, 0.25) is 5.28 Å². The van der Waals surface area contributed by atoms with Gasteiger partial charge in [0.1, 0.15) is 5.82 Å². The van der Waals surface area contributed by atoms with Crippen molar-refractivity contribution in [3.63, 3.8) is 0 Å². The van der Waals surface area contributed by atoms with Crippen LogP contribution >= 0.6 is 11.6 Å². The maximum Gasteiger partial charge on any atom is 0.337 e. The maximum absolute atomic E-state index is 11.3. The molecule has 0 amide bonds. The molecule has 1 heterocycles. The molecule has 6 heteroatoms. The second-order valence-electron chi connectivity index (χ2n) is 3.75. The second kappa shape index (κ2) is 6.15. The van der Waals surface area contributed by atoms with E-state index < -0.39 is 0 Å². The van der Waals surface area contributed by atoms with Gasteiger partial charge in [0.2, 0.25) is 5.28 Å². The van der Waals surface area contributed by atoms with Crippen molar-refractivity contribution in [2.24, 2.45) is 0 Å². The number of nitrogens with one attached hydrogen (secondary N) is 1. The average Bonchev–Trinajstić information content (AvgIpc) is 2.45. The Bertz CT molecular complexity index is 572. The van der Waals surface area contributed by atoms with Crippen LogP contribution in [0.5, 0.6) is 0 Å². The molecular formula is C13H12ClN3O2. The van der Waals surface area contributed by atoms with E-state index >= 15 is 0 Å². The van der Waals surface area contributed by atoms with Gasteiger partial charge in [0.05, 0.1) is 12.7 Å². The Balaban J connectivity index is 1.98. The summed E-state index contributed by atoms with van der Waals surface area (Å²) in [6, 6.07) is 8.87. The molecule has 19 heavy (non-hydrogen) atoms. The fourth-order valence-corrected chi connectivity index (χ4v) is 1.65. The highest BCUT2D eigenvalue weighted by Crippen LogP contribution is 2.10. The fourth-order valence-electron chi connectivity index (χ4n) is 1.50. The quantitative estimate of drug-likeness (QED) is 0.687. The number of hydrogen-bond acceptors (Lipinski definition) is 5. The minimum atomic E-state index is -0.345. The Kier molecular flexibility index (Phi) is 4.30. The van der Waals surface area contributed by atoms with Gasteiger partial charge in [-0.15, -0.1) is 0 Å². The maximum atomic E-state index is 11.3. The molecule has 1 aromatic heterocycles. The van der Waals surface area contributed by atoms with Crippen molar-refractivity contribution in [2.45, 2.75) is 6.54 Å². The molecule has 0 radical (unpaired) electrons. The number of methoxy groups -OCH3 is 1. The molecule has 2 aromatic rings. The molecule has 0 saturated heterocycles. The van der Waals surface area contributed by atoms with Crippen molar-refractivity contribution >= 4 is 23.4 Å². The van der Waals surface area contributed by atoms with Gasteiger partial charge in [0.15, 0.2) is 0 Å². The third kappa shape index (κ3) is 3.66. The largest absolute Gasteiger partial charge is 0.465 e. The molecule has 0 aliphatic heterocycles. The van der Waals surface area contributed by atoms with E-state index in [2.05, 4.69) is 20.0 Å². The van der Waals surface area contributed by atoms with Crippen molar-refractivity contribution in [1.29, 1.82) is 0 Å². The van der Waals surface area contributed by atoms with Crippen LogP contribution in [-0.2, 0) is 11.3 Å². The highest BCUT2D eigenvalue weighted by molar-refractivity contribution is 6.28. The summed E-state index contributed by atoms with van der Waals surface area (Å²) in [5.74, 6) is 0.305. The van der Waals surface area contributed by atoms with Crippen molar-refractivity contribution in [3.05, 3.63) is 52.9 Å². The number of benzene rings is 1. The summed E-state index contributed by atoms with van der Waals surface area (Å²) in [6.07, 6.45) is 1.58. The summed E-state index contributed by atoms with van der Waals surface area (Å²) >= 11 is 5.68. The standard InChI is InChI=1S/C13H12ClN3O2/c1-19-12(18)10-4-2-9(3-5-10)8-16-11-6-7-15-13(14)17-11/h2-7H,8H2,1H3,(H,15,16,17). The van der Waals surface area contributed by atoms with Crippen molar-refractivity contribution in [1.82, 2.24) is 9.97 Å². The number of rotatable bonds is 4. The van der Waals surface area contributed by atoms with E-state index in [1.54, 1.807) is 24.4 Å². The zero-order chi connectivity index (χ0) is 13.7. The van der Waals surface area contributed by atoms with Crippen molar-refractivity contribution < 1.29 is 9.53 Å². The van der Waals surface area contributed by atoms with E-state index in [0.29, 0.717) is 17.9 Å². The Morgan fingerprint density at radius 3 is 2.68 bits per heavy atom. The van der Waals surface area contributed by atoms with Crippen molar-refractivity contribution in [2.75, 3.05) is 12.4 Å². The van der Waals surface area contributed by atoms with Crippen LogP contribution < -0.4 is 5.32 Å². The number of halogens is 1. The highest BCUT2D eigenvalue weighted by atomic mass is 35.5. The van der Waals surface area contributed by atoms with Crippen LogP contribution in [0, 0.1) is 0 Å². The summed E-state index contributed by atoms with van der Waals surface area (Å²) in [7, 11) is 1.36.